The quantitative estimate of drug-likeness (QED) is 0.378. The van der Waals surface area contributed by atoms with Crippen LogP contribution in [0.15, 0.2) is 48.5 Å². The predicted molar refractivity (Wildman–Crippen MR) is 105 cm³/mol. The predicted octanol–water partition coefficient (Wildman–Crippen LogP) is 1.34. The van der Waals surface area contributed by atoms with Gasteiger partial charge in [0.1, 0.15) is 26.2 Å². The maximum atomic E-state index is 8.25. The number of quaternary nitrogens is 2. The van der Waals surface area contributed by atoms with E-state index in [9.17, 15) is 0 Å². The van der Waals surface area contributed by atoms with Gasteiger partial charge in [0, 0.05) is 21.2 Å². The molecule has 0 saturated heterocycles. The van der Waals surface area contributed by atoms with Gasteiger partial charge in [0.15, 0.2) is 0 Å². The summed E-state index contributed by atoms with van der Waals surface area (Å²) in [5.41, 5.74) is 2.62. The molecule has 0 heterocycles. The monoisotopic (exact) mass is 434 g/mol. The number of benzene rings is 2. The van der Waals surface area contributed by atoms with Crippen molar-refractivity contribution >= 4 is 23.2 Å². The van der Waals surface area contributed by atoms with Gasteiger partial charge in [0.25, 0.3) is 0 Å². The molecule has 0 radical (unpaired) electrons. The molecule has 12 heteroatoms. The fraction of sp³-hybridized carbons (Fsp3) is 0.250. The molecule has 0 saturated carbocycles. The molecule has 4 N–H and O–H groups in total. The fourth-order valence-electron chi connectivity index (χ4n) is 2.01. The summed E-state index contributed by atoms with van der Waals surface area (Å²) in [6.45, 7) is 4.23. The lowest BCUT2D eigenvalue weighted by molar-refractivity contribution is -0.738. The van der Waals surface area contributed by atoms with Crippen molar-refractivity contribution < 1.29 is 20.8 Å². The van der Waals surface area contributed by atoms with Crippen LogP contribution < -0.4 is 10.6 Å². The molecule has 2 rings (SSSR count). The highest BCUT2D eigenvalue weighted by Gasteiger charge is 1.98. The largest absolute Gasteiger partial charge is 0.356 e. The Hall–Kier alpha value is -2.66. The van der Waals surface area contributed by atoms with Crippen molar-refractivity contribution in [2.75, 3.05) is 13.1 Å². The van der Waals surface area contributed by atoms with E-state index < -0.39 is 10.2 Å². The van der Waals surface area contributed by atoms with Crippen molar-refractivity contribution in [1.82, 2.24) is 0 Å². The van der Waals surface area contributed by atoms with E-state index in [4.69, 9.17) is 53.8 Å². The van der Waals surface area contributed by atoms with Gasteiger partial charge < -0.3 is 41.3 Å². The van der Waals surface area contributed by atoms with Gasteiger partial charge in [-0.2, -0.15) is 0 Å². The van der Waals surface area contributed by atoms with Crippen LogP contribution >= 0.6 is 23.2 Å². The highest BCUT2D eigenvalue weighted by atomic mass is 35.5. The molecule has 0 bridgehead atoms. The SMILES string of the molecule is Clc1ccc(C[NH2+]CC[NH2+]Cc2ccc(Cl)cc2)cc1.O=[N+]([O-])[O-].O=[N+]([O-])[O-]. The first kappa shape index (κ1) is 25.3. The second-order valence-corrected chi connectivity index (χ2v) is 6.14. The molecule has 10 nitrogen and oxygen atoms in total. The van der Waals surface area contributed by atoms with Gasteiger partial charge in [-0.15, -0.1) is 0 Å². The third-order valence-corrected chi connectivity index (χ3v) is 3.67. The topological polar surface area (TPSA) is 166 Å². The van der Waals surface area contributed by atoms with E-state index in [1.54, 1.807) is 0 Å². The molecule has 0 amide bonds. The molecule has 0 atom stereocenters. The van der Waals surface area contributed by atoms with Crippen LogP contribution in [0.1, 0.15) is 11.1 Å². The van der Waals surface area contributed by atoms with Crippen molar-refractivity contribution in [3.63, 3.8) is 0 Å². The minimum Gasteiger partial charge on any atom is -0.356 e. The number of nitrogens with two attached hydrogens (primary N) is 2. The molecule has 0 fully saturated rings. The van der Waals surface area contributed by atoms with E-state index in [-0.39, 0.29) is 0 Å². The Balaban J connectivity index is 0.000000776. The number of halogens is 2. The molecule has 0 aromatic heterocycles. The normalized spacial score (nSPS) is 9.36. The number of rotatable bonds is 7. The first-order chi connectivity index (χ1) is 13.2. The molecule has 28 heavy (non-hydrogen) atoms. The van der Waals surface area contributed by atoms with Crippen LogP contribution in [0.25, 0.3) is 0 Å². The summed E-state index contributed by atoms with van der Waals surface area (Å²) >= 11 is 11.7. The summed E-state index contributed by atoms with van der Waals surface area (Å²) in [6.07, 6.45) is 0. The first-order valence-corrected chi connectivity index (χ1v) is 8.71. The molecule has 154 valence electrons. The highest BCUT2D eigenvalue weighted by molar-refractivity contribution is 6.30. The van der Waals surface area contributed by atoms with Crippen LogP contribution in [-0.4, -0.2) is 23.3 Å². The Morgan fingerprint density at radius 1 is 0.643 bits per heavy atom. The van der Waals surface area contributed by atoms with Crippen LogP contribution in [0.4, 0.5) is 0 Å². The maximum absolute atomic E-state index is 8.25. The molecule has 0 unspecified atom stereocenters. The third-order valence-electron chi connectivity index (χ3n) is 3.16. The molecule has 0 spiro atoms. The lowest BCUT2D eigenvalue weighted by Gasteiger charge is -2.03. The van der Waals surface area contributed by atoms with Gasteiger partial charge in [-0.05, 0) is 24.3 Å². The van der Waals surface area contributed by atoms with Gasteiger partial charge in [-0.1, -0.05) is 47.5 Å². The summed E-state index contributed by atoms with van der Waals surface area (Å²) in [6, 6.07) is 16.1. The standard InChI is InChI=1S/C16H18Cl2N2.2NO3/c17-15-5-1-13(2-6-15)11-19-9-10-20-12-14-3-7-16(18)8-4-14;2*2-1(3)4/h1-8,19-20H,9-12H2;;/q;2*-1/p+2. The van der Waals surface area contributed by atoms with Crippen LogP contribution in [0.2, 0.25) is 10.0 Å². The molecular weight excluding hydrogens is 415 g/mol. The lowest BCUT2D eigenvalue weighted by Crippen LogP contribution is -2.93. The molecule has 0 aliphatic rings. The van der Waals surface area contributed by atoms with E-state index in [1.165, 1.54) is 11.1 Å². The van der Waals surface area contributed by atoms with Crippen LogP contribution in [0, 0.1) is 30.6 Å². The van der Waals surface area contributed by atoms with Gasteiger partial charge >= 0.3 is 0 Å². The average Bonchev–Trinajstić information content (AvgIpc) is 2.60. The highest BCUT2D eigenvalue weighted by Crippen LogP contribution is 2.08. The lowest BCUT2D eigenvalue weighted by atomic mass is 10.2. The molecule has 0 aliphatic carbocycles. The summed E-state index contributed by atoms with van der Waals surface area (Å²) in [4.78, 5) is 16.5. The van der Waals surface area contributed by atoms with Crippen molar-refractivity contribution in [1.29, 1.82) is 0 Å². The zero-order valence-electron chi connectivity index (χ0n) is 14.7. The van der Waals surface area contributed by atoms with E-state index in [2.05, 4.69) is 34.9 Å². The van der Waals surface area contributed by atoms with E-state index in [0.29, 0.717) is 0 Å². The van der Waals surface area contributed by atoms with Gasteiger partial charge in [-0.25, -0.2) is 0 Å². The number of hydrogen-bond donors (Lipinski definition) is 2. The van der Waals surface area contributed by atoms with Crippen molar-refractivity contribution in [2.45, 2.75) is 13.1 Å². The van der Waals surface area contributed by atoms with Crippen molar-refractivity contribution in [2.24, 2.45) is 0 Å². The van der Waals surface area contributed by atoms with E-state index in [0.717, 1.165) is 36.2 Å². The summed E-state index contributed by atoms with van der Waals surface area (Å²) in [5, 5.41) is 35.7. The second kappa shape index (κ2) is 15.4. The Morgan fingerprint density at radius 3 is 1.14 bits per heavy atom. The molecule has 2 aromatic carbocycles. The van der Waals surface area contributed by atoms with Crippen LogP contribution in [0.3, 0.4) is 0 Å². The third kappa shape index (κ3) is 16.8. The minimum atomic E-state index is -1.75. The second-order valence-electron chi connectivity index (χ2n) is 5.26. The average molecular weight is 435 g/mol. The molecular formula is C16H20Cl2N4O6. The smallest absolute Gasteiger partial charge is 0.125 e. The minimum absolute atomic E-state index is 0.796. The first-order valence-electron chi connectivity index (χ1n) is 7.96. The summed E-state index contributed by atoms with van der Waals surface area (Å²) in [7, 11) is 0. The zero-order chi connectivity index (χ0) is 21.4. The Morgan fingerprint density at radius 2 is 0.893 bits per heavy atom. The summed E-state index contributed by atoms with van der Waals surface area (Å²) < 4.78 is 0. The van der Waals surface area contributed by atoms with Crippen LogP contribution in [0.5, 0.6) is 0 Å². The van der Waals surface area contributed by atoms with E-state index >= 15 is 0 Å². The zero-order valence-corrected chi connectivity index (χ0v) is 16.2. The van der Waals surface area contributed by atoms with Gasteiger partial charge in [0.2, 0.25) is 0 Å². The Labute approximate surface area is 170 Å². The Kier molecular flexibility index (Phi) is 13.9. The maximum Gasteiger partial charge on any atom is 0.125 e. The van der Waals surface area contributed by atoms with Gasteiger partial charge in [0.05, 0.1) is 10.2 Å². The van der Waals surface area contributed by atoms with E-state index in [1.807, 2.05) is 24.3 Å². The van der Waals surface area contributed by atoms with Crippen molar-refractivity contribution in [3.8, 4) is 0 Å². The number of hydrogen-bond acceptors (Lipinski definition) is 6. The number of nitrogens with zero attached hydrogens (tertiary/aromatic N) is 2. The molecule has 2 aromatic rings. The van der Waals surface area contributed by atoms with Crippen LogP contribution in [-0.2, 0) is 13.1 Å². The Bertz CT molecular complexity index is 632. The fourth-order valence-corrected chi connectivity index (χ4v) is 2.27. The van der Waals surface area contributed by atoms with Gasteiger partial charge in [-0.3, -0.25) is 0 Å². The van der Waals surface area contributed by atoms with Crippen molar-refractivity contribution in [3.05, 3.63) is 100 Å². The molecule has 0 aliphatic heterocycles. The summed E-state index contributed by atoms with van der Waals surface area (Å²) in [5.74, 6) is 0.